The van der Waals surface area contributed by atoms with Gasteiger partial charge in [0.1, 0.15) is 0 Å². The quantitative estimate of drug-likeness (QED) is 0.476. The van der Waals surface area contributed by atoms with Crippen LogP contribution in [0.5, 0.6) is 0 Å². The van der Waals surface area contributed by atoms with Crippen LogP contribution in [-0.4, -0.2) is 26.7 Å². The maximum atomic E-state index is 12.1. The molecule has 0 amide bonds. The van der Waals surface area contributed by atoms with Crippen molar-refractivity contribution < 1.29 is 19.8 Å². The molecule has 1 aromatic heterocycles. The molecule has 31 heavy (non-hydrogen) atoms. The molecule has 0 fully saturated rings. The van der Waals surface area contributed by atoms with Gasteiger partial charge in [0.15, 0.2) is 0 Å². The Kier molecular flexibility index (Phi) is 6.12. The molecule has 3 aromatic rings. The van der Waals surface area contributed by atoms with Crippen molar-refractivity contribution in [3.8, 4) is 0 Å². The molecular weight excluding hydrogens is 390 g/mol. The SMILES string of the molecule is CCCCC1CCCc2c(n(Cc3cccc(C(=O)O)c3)c3c(C(=O)O)cccc23)C1. The molecule has 1 unspecified atom stereocenters. The van der Waals surface area contributed by atoms with E-state index >= 15 is 0 Å². The number of unbranched alkanes of at least 4 members (excludes halogenated alkanes) is 1. The molecule has 1 atom stereocenters. The molecule has 1 aliphatic carbocycles. The van der Waals surface area contributed by atoms with Gasteiger partial charge in [-0.2, -0.15) is 0 Å². The summed E-state index contributed by atoms with van der Waals surface area (Å²) in [6.45, 7) is 2.69. The molecule has 2 aromatic carbocycles. The Hall–Kier alpha value is -3.08. The van der Waals surface area contributed by atoms with Gasteiger partial charge in [-0.25, -0.2) is 9.59 Å². The Balaban J connectivity index is 1.87. The van der Waals surface area contributed by atoms with Crippen LogP contribution in [0, 0.1) is 5.92 Å². The lowest BCUT2D eigenvalue weighted by Gasteiger charge is -2.18. The number of nitrogens with zero attached hydrogens (tertiary/aromatic N) is 1. The number of carboxylic acid groups (broad SMARTS) is 2. The highest BCUT2D eigenvalue weighted by Crippen LogP contribution is 2.36. The van der Waals surface area contributed by atoms with Gasteiger partial charge in [-0.05, 0) is 60.9 Å². The molecule has 0 saturated carbocycles. The first-order valence-electron chi connectivity index (χ1n) is 11.2. The number of fused-ring (bicyclic) bond motifs is 3. The fraction of sp³-hybridized carbons (Fsp3) is 0.385. The first kappa shape index (κ1) is 21.2. The zero-order chi connectivity index (χ0) is 22.0. The summed E-state index contributed by atoms with van der Waals surface area (Å²) in [6, 6.07) is 12.5. The van der Waals surface area contributed by atoms with E-state index in [4.69, 9.17) is 0 Å². The van der Waals surface area contributed by atoms with Crippen molar-refractivity contribution in [1.29, 1.82) is 0 Å². The first-order chi connectivity index (χ1) is 15.0. The number of para-hydroxylation sites is 1. The molecule has 0 spiro atoms. The van der Waals surface area contributed by atoms with Gasteiger partial charge in [0.25, 0.3) is 0 Å². The highest BCUT2D eigenvalue weighted by Gasteiger charge is 2.26. The number of carboxylic acids is 2. The zero-order valence-electron chi connectivity index (χ0n) is 17.9. The summed E-state index contributed by atoms with van der Waals surface area (Å²) in [5, 5.41) is 20.3. The van der Waals surface area contributed by atoms with E-state index in [1.54, 1.807) is 24.3 Å². The zero-order valence-corrected chi connectivity index (χ0v) is 17.9. The van der Waals surface area contributed by atoms with Gasteiger partial charge in [-0.3, -0.25) is 0 Å². The third-order valence-corrected chi connectivity index (χ3v) is 6.54. The topological polar surface area (TPSA) is 79.5 Å². The lowest BCUT2D eigenvalue weighted by Crippen LogP contribution is -2.12. The lowest BCUT2D eigenvalue weighted by molar-refractivity contribution is 0.0687. The minimum absolute atomic E-state index is 0.249. The van der Waals surface area contributed by atoms with Crippen molar-refractivity contribution in [2.45, 2.75) is 58.4 Å². The van der Waals surface area contributed by atoms with Crippen molar-refractivity contribution in [2.24, 2.45) is 5.92 Å². The predicted molar refractivity (Wildman–Crippen MR) is 121 cm³/mol. The monoisotopic (exact) mass is 419 g/mol. The minimum atomic E-state index is -0.955. The number of aromatic nitrogens is 1. The molecule has 1 aliphatic rings. The third kappa shape index (κ3) is 4.22. The molecule has 2 N–H and O–H groups in total. The van der Waals surface area contributed by atoms with Gasteiger partial charge in [0.05, 0.1) is 16.6 Å². The van der Waals surface area contributed by atoms with Crippen LogP contribution in [0.25, 0.3) is 10.9 Å². The van der Waals surface area contributed by atoms with E-state index < -0.39 is 11.9 Å². The van der Waals surface area contributed by atoms with Crippen LogP contribution in [0.1, 0.15) is 76.6 Å². The highest BCUT2D eigenvalue weighted by atomic mass is 16.4. The molecule has 1 heterocycles. The summed E-state index contributed by atoms with van der Waals surface area (Å²) in [5.41, 5.74) is 4.69. The second-order valence-electron chi connectivity index (χ2n) is 8.63. The fourth-order valence-electron chi connectivity index (χ4n) is 5.06. The Morgan fingerprint density at radius 2 is 1.90 bits per heavy atom. The van der Waals surface area contributed by atoms with Gasteiger partial charge < -0.3 is 14.8 Å². The van der Waals surface area contributed by atoms with Crippen LogP contribution < -0.4 is 0 Å². The van der Waals surface area contributed by atoms with Crippen molar-refractivity contribution in [2.75, 3.05) is 0 Å². The van der Waals surface area contributed by atoms with Gasteiger partial charge in [0, 0.05) is 17.6 Å². The van der Waals surface area contributed by atoms with Crippen LogP contribution in [0.2, 0.25) is 0 Å². The predicted octanol–water partition coefficient (Wildman–Crippen LogP) is 5.77. The molecule has 0 saturated heterocycles. The molecule has 0 bridgehead atoms. The highest BCUT2D eigenvalue weighted by molar-refractivity contribution is 6.04. The number of benzene rings is 2. The van der Waals surface area contributed by atoms with Crippen LogP contribution in [0.15, 0.2) is 42.5 Å². The van der Waals surface area contributed by atoms with Gasteiger partial charge in [-0.15, -0.1) is 0 Å². The van der Waals surface area contributed by atoms with E-state index in [1.807, 2.05) is 18.2 Å². The Bertz CT molecular complexity index is 1130. The third-order valence-electron chi connectivity index (χ3n) is 6.54. The van der Waals surface area contributed by atoms with Gasteiger partial charge in [0.2, 0.25) is 0 Å². The summed E-state index contributed by atoms with van der Waals surface area (Å²) in [5.74, 6) is -1.28. The number of carbonyl (C=O) groups is 2. The number of aryl methyl sites for hydroxylation is 1. The molecule has 4 rings (SSSR count). The molecule has 0 aliphatic heterocycles. The van der Waals surface area contributed by atoms with E-state index in [0.717, 1.165) is 35.7 Å². The number of hydrogen-bond acceptors (Lipinski definition) is 2. The van der Waals surface area contributed by atoms with Crippen LogP contribution >= 0.6 is 0 Å². The molecular formula is C26H29NO4. The summed E-state index contributed by atoms with van der Waals surface area (Å²) in [4.78, 5) is 23.5. The van der Waals surface area contributed by atoms with E-state index in [0.29, 0.717) is 18.0 Å². The smallest absolute Gasteiger partial charge is 0.337 e. The van der Waals surface area contributed by atoms with Crippen LogP contribution in [0.3, 0.4) is 0 Å². The van der Waals surface area contributed by atoms with Crippen molar-refractivity contribution in [1.82, 2.24) is 4.57 Å². The molecule has 162 valence electrons. The minimum Gasteiger partial charge on any atom is -0.478 e. The fourth-order valence-corrected chi connectivity index (χ4v) is 5.06. The standard InChI is InChI=1S/C26H29NO4/c1-2-3-7-17-8-5-11-20-21-12-6-13-22(26(30)31)24(21)27(23(20)15-17)16-18-9-4-10-19(14-18)25(28)29/h4,6,9-10,12-14,17H,2-3,5,7-8,11,15-16H2,1H3,(H,28,29)(H,30,31). The Morgan fingerprint density at radius 3 is 2.65 bits per heavy atom. The van der Waals surface area contributed by atoms with Crippen molar-refractivity contribution in [3.05, 3.63) is 70.4 Å². The Morgan fingerprint density at radius 1 is 1.10 bits per heavy atom. The van der Waals surface area contributed by atoms with E-state index in [9.17, 15) is 19.8 Å². The van der Waals surface area contributed by atoms with Crippen LogP contribution in [0.4, 0.5) is 0 Å². The molecule has 5 nitrogen and oxygen atoms in total. The maximum absolute atomic E-state index is 12.1. The summed E-state index contributed by atoms with van der Waals surface area (Å²) in [6.07, 6.45) is 7.80. The normalized spacial score (nSPS) is 16.1. The largest absolute Gasteiger partial charge is 0.478 e. The number of hydrogen-bond donors (Lipinski definition) is 2. The van der Waals surface area contributed by atoms with E-state index in [1.165, 1.54) is 36.9 Å². The lowest BCUT2D eigenvalue weighted by atomic mass is 9.94. The second kappa shape index (κ2) is 8.96. The average molecular weight is 420 g/mol. The first-order valence-corrected chi connectivity index (χ1v) is 11.2. The maximum Gasteiger partial charge on any atom is 0.337 e. The van der Waals surface area contributed by atoms with Crippen molar-refractivity contribution in [3.63, 3.8) is 0 Å². The van der Waals surface area contributed by atoms with Gasteiger partial charge in [-0.1, -0.05) is 50.5 Å². The van der Waals surface area contributed by atoms with Gasteiger partial charge >= 0.3 is 11.9 Å². The van der Waals surface area contributed by atoms with Crippen molar-refractivity contribution >= 4 is 22.8 Å². The van der Waals surface area contributed by atoms with E-state index in [2.05, 4.69) is 11.5 Å². The molecule has 5 heteroatoms. The number of rotatable bonds is 7. The Labute approximate surface area is 182 Å². The number of aromatic carboxylic acids is 2. The van der Waals surface area contributed by atoms with Crippen LogP contribution in [-0.2, 0) is 19.4 Å². The summed E-state index contributed by atoms with van der Waals surface area (Å²) < 4.78 is 2.15. The second-order valence-corrected chi connectivity index (χ2v) is 8.63. The molecule has 0 radical (unpaired) electrons. The van der Waals surface area contributed by atoms with E-state index in [-0.39, 0.29) is 5.56 Å². The summed E-state index contributed by atoms with van der Waals surface area (Å²) >= 11 is 0. The summed E-state index contributed by atoms with van der Waals surface area (Å²) in [7, 11) is 0. The average Bonchev–Trinajstić information content (AvgIpc) is 2.91.